The summed E-state index contributed by atoms with van der Waals surface area (Å²) in [5.41, 5.74) is 2.99. The van der Waals surface area contributed by atoms with E-state index < -0.39 is 0 Å². The molecule has 2 aromatic carbocycles. The second-order valence-corrected chi connectivity index (χ2v) is 5.14. The maximum atomic E-state index is 13.0. The fourth-order valence-corrected chi connectivity index (χ4v) is 3.14. The molecule has 0 saturated carbocycles. The van der Waals surface area contributed by atoms with Crippen LogP contribution in [0.5, 0.6) is 11.5 Å². The van der Waals surface area contributed by atoms with Crippen molar-refractivity contribution in [3.8, 4) is 22.6 Å². The highest BCUT2D eigenvalue weighted by Gasteiger charge is 2.30. The summed E-state index contributed by atoms with van der Waals surface area (Å²) in [7, 11) is 3.11. The number of benzene rings is 2. The number of aromatic nitrogens is 1. The Morgan fingerprint density at radius 2 is 1.77 bits per heavy atom. The number of ether oxygens (including phenoxy) is 2. The van der Waals surface area contributed by atoms with E-state index >= 15 is 0 Å². The molecule has 0 fully saturated rings. The van der Waals surface area contributed by atoms with Crippen LogP contribution in [0.4, 0.5) is 0 Å². The van der Waals surface area contributed by atoms with Gasteiger partial charge in [0.15, 0.2) is 17.3 Å². The Labute approximate surface area is 127 Å². The van der Waals surface area contributed by atoms with Crippen LogP contribution in [0.25, 0.3) is 21.9 Å². The summed E-state index contributed by atoms with van der Waals surface area (Å²) in [4.78, 5) is 17.3. The molecule has 0 N–H and O–H groups in total. The number of methoxy groups -OCH3 is 2. The molecule has 4 heteroatoms. The third kappa shape index (κ3) is 1.52. The van der Waals surface area contributed by atoms with Gasteiger partial charge in [-0.2, -0.15) is 0 Å². The third-order valence-electron chi connectivity index (χ3n) is 4.09. The molecule has 1 aliphatic rings. The smallest absolute Gasteiger partial charge is 0.198 e. The second-order valence-electron chi connectivity index (χ2n) is 5.14. The first-order chi connectivity index (χ1) is 10.8. The zero-order chi connectivity index (χ0) is 15.3. The van der Waals surface area contributed by atoms with Crippen molar-refractivity contribution in [3.05, 3.63) is 53.9 Å². The first-order valence-corrected chi connectivity index (χ1v) is 6.93. The molecule has 0 spiro atoms. The minimum Gasteiger partial charge on any atom is -0.493 e. The van der Waals surface area contributed by atoms with Crippen LogP contribution < -0.4 is 9.47 Å². The van der Waals surface area contributed by atoms with Gasteiger partial charge in [0.05, 0.1) is 19.8 Å². The number of fused-ring (bicyclic) bond motifs is 2. The van der Waals surface area contributed by atoms with Crippen molar-refractivity contribution < 1.29 is 14.3 Å². The fourth-order valence-electron chi connectivity index (χ4n) is 3.14. The molecule has 1 heterocycles. The fraction of sp³-hybridized carbons (Fsp3) is 0.111. The number of hydrogen-bond acceptors (Lipinski definition) is 4. The quantitative estimate of drug-likeness (QED) is 0.567. The van der Waals surface area contributed by atoms with Gasteiger partial charge in [0.1, 0.15) is 0 Å². The minimum absolute atomic E-state index is 0.0462. The van der Waals surface area contributed by atoms with E-state index in [1.54, 1.807) is 26.6 Å². The maximum Gasteiger partial charge on any atom is 0.198 e. The molecule has 0 unspecified atom stereocenters. The molecule has 0 bridgehead atoms. The molecule has 1 aliphatic carbocycles. The Morgan fingerprint density at radius 3 is 2.55 bits per heavy atom. The zero-order valence-electron chi connectivity index (χ0n) is 12.2. The molecule has 1 aromatic heterocycles. The Hall–Kier alpha value is -2.88. The predicted octanol–water partition coefficient (Wildman–Crippen LogP) is 3.46. The van der Waals surface area contributed by atoms with Gasteiger partial charge in [-0.1, -0.05) is 18.2 Å². The van der Waals surface area contributed by atoms with Crippen molar-refractivity contribution in [2.45, 2.75) is 0 Å². The highest BCUT2D eigenvalue weighted by Crippen LogP contribution is 2.45. The number of carbonyl (C=O) groups is 1. The predicted molar refractivity (Wildman–Crippen MR) is 83.7 cm³/mol. The van der Waals surface area contributed by atoms with Crippen LogP contribution >= 0.6 is 0 Å². The lowest BCUT2D eigenvalue weighted by Gasteiger charge is -2.22. The van der Waals surface area contributed by atoms with Crippen LogP contribution in [0.15, 0.2) is 42.7 Å². The summed E-state index contributed by atoms with van der Waals surface area (Å²) in [6, 6.07) is 9.39. The maximum absolute atomic E-state index is 13.0. The number of carbonyl (C=O) groups excluding carboxylic acids is 1. The van der Waals surface area contributed by atoms with Gasteiger partial charge in [-0.25, -0.2) is 0 Å². The van der Waals surface area contributed by atoms with Crippen LogP contribution in [0, 0.1) is 0 Å². The first kappa shape index (κ1) is 12.8. The lowest BCUT2D eigenvalue weighted by molar-refractivity contribution is 0.103. The van der Waals surface area contributed by atoms with Crippen molar-refractivity contribution >= 4 is 16.6 Å². The van der Waals surface area contributed by atoms with E-state index in [1.165, 1.54) is 0 Å². The Morgan fingerprint density at radius 1 is 0.909 bits per heavy atom. The molecule has 0 atom stereocenters. The molecule has 22 heavy (non-hydrogen) atoms. The van der Waals surface area contributed by atoms with Gasteiger partial charge < -0.3 is 9.47 Å². The molecule has 3 aromatic rings. The van der Waals surface area contributed by atoms with E-state index in [4.69, 9.17) is 9.47 Å². The van der Waals surface area contributed by atoms with E-state index in [1.807, 2.05) is 30.3 Å². The molecule has 108 valence electrons. The number of hydrogen-bond donors (Lipinski definition) is 0. The zero-order valence-corrected chi connectivity index (χ0v) is 12.2. The average molecular weight is 291 g/mol. The molecule has 0 saturated heterocycles. The third-order valence-corrected chi connectivity index (χ3v) is 4.09. The topological polar surface area (TPSA) is 48.4 Å². The lowest BCUT2D eigenvalue weighted by atomic mass is 9.83. The van der Waals surface area contributed by atoms with Gasteiger partial charge in [-0.3, -0.25) is 9.78 Å². The molecule has 4 rings (SSSR count). The number of ketones is 1. The second kappa shape index (κ2) is 4.56. The monoisotopic (exact) mass is 291 g/mol. The Kier molecular flexibility index (Phi) is 2.66. The summed E-state index contributed by atoms with van der Waals surface area (Å²) in [5, 5.41) is 1.91. The van der Waals surface area contributed by atoms with Crippen LogP contribution in [0.3, 0.4) is 0 Å². The molecular formula is C18H13NO3. The van der Waals surface area contributed by atoms with Gasteiger partial charge >= 0.3 is 0 Å². The Bertz CT molecular complexity index is 926. The highest BCUT2D eigenvalue weighted by molar-refractivity contribution is 6.26. The SMILES string of the molecule is COc1ccc2c(c1OC)C(=O)c1cccc3cncc-2c13. The molecular weight excluding hydrogens is 278 g/mol. The minimum atomic E-state index is -0.0462. The molecule has 0 aliphatic heterocycles. The number of rotatable bonds is 2. The molecule has 0 radical (unpaired) electrons. The van der Waals surface area contributed by atoms with Gasteiger partial charge in [0, 0.05) is 34.3 Å². The normalized spacial score (nSPS) is 12.2. The van der Waals surface area contributed by atoms with Crippen LogP contribution in [-0.2, 0) is 0 Å². The van der Waals surface area contributed by atoms with Crippen molar-refractivity contribution in [1.82, 2.24) is 4.98 Å². The first-order valence-electron chi connectivity index (χ1n) is 6.93. The lowest BCUT2D eigenvalue weighted by Crippen LogP contribution is -2.12. The summed E-state index contributed by atoms with van der Waals surface area (Å²) < 4.78 is 10.8. The van der Waals surface area contributed by atoms with E-state index in [-0.39, 0.29) is 5.78 Å². The van der Waals surface area contributed by atoms with Crippen molar-refractivity contribution in [3.63, 3.8) is 0 Å². The Balaban J connectivity index is 2.18. The molecule has 4 nitrogen and oxygen atoms in total. The number of pyridine rings is 1. The summed E-state index contributed by atoms with van der Waals surface area (Å²) >= 11 is 0. The van der Waals surface area contributed by atoms with Gasteiger partial charge in [0.2, 0.25) is 0 Å². The van der Waals surface area contributed by atoms with Crippen LogP contribution in [0.1, 0.15) is 15.9 Å². The van der Waals surface area contributed by atoms with Gasteiger partial charge in [0.25, 0.3) is 0 Å². The van der Waals surface area contributed by atoms with Gasteiger partial charge in [-0.05, 0) is 17.7 Å². The van der Waals surface area contributed by atoms with E-state index in [9.17, 15) is 4.79 Å². The van der Waals surface area contributed by atoms with Crippen LogP contribution in [-0.4, -0.2) is 25.0 Å². The number of nitrogens with zero attached hydrogens (tertiary/aromatic N) is 1. The highest BCUT2D eigenvalue weighted by atomic mass is 16.5. The van der Waals surface area contributed by atoms with Crippen molar-refractivity contribution in [2.75, 3.05) is 14.2 Å². The average Bonchev–Trinajstić information content (AvgIpc) is 2.58. The summed E-state index contributed by atoms with van der Waals surface area (Å²) in [5.74, 6) is 0.973. The largest absolute Gasteiger partial charge is 0.493 e. The van der Waals surface area contributed by atoms with E-state index in [0.717, 1.165) is 21.9 Å². The standard InChI is InChI=1S/C18H13NO3/c1-21-14-7-6-11-13-9-19-8-10-4-3-5-12(15(10)13)17(20)16(11)18(14)22-2/h3-9H,1-2H3. The summed E-state index contributed by atoms with van der Waals surface area (Å²) in [6.07, 6.45) is 3.57. The van der Waals surface area contributed by atoms with E-state index in [2.05, 4.69) is 4.98 Å². The van der Waals surface area contributed by atoms with Crippen LogP contribution in [0.2, 0.25) is 0 Å². The van der Waals surface area contributed by atoms with Gasteiger partial charge in [-0.15, -0.1) is 0 Å². The van der Waals surface area contributed by atoms with Crippen molar-refractivity contribution in [2.24, 2.45) is 0 Å². The molecule has 0 amide bonds. The van der Waals surface area contributed by atoms with Crippen molar-refractivity contribution in [1.29, 1.82) is 0 Å². The summed E-state index contributed by atoms with van der Waals surface area (Å²) in [6.45, 7) is 0. The van der Waals surface area contributed by atoms with E-state index in [0.29, 0.717) is 22.6 Å².